The maximum Gasteiger partial charge on any atom is 0.328 e. The zero-order valence-corrected chi connectivity index (χ0v) is 10.1. The highest BCUT2D eigenvalue weighted by molar-refractivity contribution is 5.85. The van der Waals surface area contributed by atoms with E-state index in [-0.39, 0.29) is 0 Å². The lowest BCUT2D eigenvalue weighted by Crippen LogP contribution is -1.85. The first kappa shape index (κ1) is 13.2. The molecule has 0 amide bonds. The maximum atomic E-state index is 10.4. The molecule has 2 nitrogen and oxygen atoms in total. The van der Waals surface area contributed by atoms with Crippen molar-refractivity contribution in [2.45, 2.75) is 26.2 Å². The average Bonchev–Trinajstić information content (AvgIpc) is 2.33. The number of rotatable bonds is 6. The van der Waals surface area contributed by atoms with Gasteiger partial charge in [-0.15, -0.1) is 0 Å². The zero-order chi connectivity index (χ0) is 12.5. The van der Waals surface area contributed by atoms with Gasteiger partial charge < -0.3 is 5.11 Å². The molecule has 0 saturated heterocycles. The van der Waals surface area contributed by atoms with E-state index >= 15 is 0 Å². The first-order chi connectivity index (χ1) is 8.22. The van der Waals surface area contributed by atoms with Gasteiger partial charge >= 0.3 is 5.97 Å². The molecule has 0 atom stereocenters. The Balaban J connectivity index is 2.65. The van der Waals surface area contributed by atoms with Gasteiger partial charge in [-0.05, 0) is 29.7 Å². The highest BCUT2D eigenvalue weighted by Crippen LogP contribution is 2.09. The molecule has 0 aliphatic heterocycles. The van der Waals surface area contributed by atoms with Crippen LogP contribution in [0.3, 0.4) is 0 Å². The smallest absolute Gasteiger partial charge is 0.328 e. The summed E-state index contributed by atoms with van der Waals surface area (Å²) < 4.78 is 0. The monoisotopic (exact) mass is 230 g/mol. The fraction of sp³-hybridized carbons (Fsp3) is 0.267. The zero-order valence-electron chi connectivity index (χ0n) is 10.1. The van der Waals surface area contributed by atoms with Gasteiger partial charge in [-0.3, -0.25) is 0 Å². The highest BCUT2D eigenvalue weighted by atomic mass is 16.4. The molecule has 1 N–H and O–H groups in total. The van der Waals surface area contributed by atoms with E-state index in [0.717, 1.165) is 23.6 Å². The number of carbonyl (C=O) groups is 1. The van der Waals surface area contributed by atoms with Crippen LogP contribution in [0.5, 0.6) is 0 Å². The molecule has 1 rings (SSSR count). The van der Waals surface area contributed by atoms with Crippen LogP contribution in [0.15, 0.2) is 36.4 Å². The van der Waals surface area contributed by atoms with Crippen molar-refractivity contribution in [1.82, 2.24) is 0 Å². The number of hydrogen-bond acceptors (Lipinski definition) is 1. The second-order valence-electron chi connectivity index (χ2n) is 3.89. The largest absolute Gasteiger partial charge is 0.478 e. The number of aliphatic carboxylic acids is 1. The van der Waals surface area contributed by atoms with Crippen LogP contribution < -0.4 is 0 Å². The summed E-state index contributed by atoms with van der Waals surface area (Å²) in [5.41, 5.74) is 2.01. The van der Waals surface area contributed by atoms with E-state index in [4.69, 9.17) is 5.11 Å². The van der Waals surface area contributed by atoms with Crippen LogP contribution >= 0.6 is 0 Å². The van der Waals surface area contributed by atoms with Gasteiger partial charge in [-0.2, -0.15) is 0 Å². The van der Waals surface area contributed by atoms with Crippen molar-refractivity contribution >= 4 is 18.1 Å². The Bertz CT molecular complexity index is 417. The van der Waals surface area contributed by atoms with Crippen molar-refractivity contribution in [3.05, 3.63) is 47.5 Å². The number of allylic oxidation sites excluding steroid dienone is 1. The van der Waals surface area contributed by atoms with Gasteiger partial charge in [0.25, 0.3) is 0 Å². The molecule has 1 aromatic carbocycles. The lowest BCUT2D eigenvalue weighted by molar-refractivity contribution is -0.131. The van der Waals surface area contributed by atoms with Gasteiger partial charge in [-0.1, -0.05) is 50.1 Å². The summed E-state index contributed by atoms with van der Waals surface area (Å²) in [6, 6.07) is 7.81. The molecule has 0 fully saturated rings. The van der Waals surface area contributed by atoms with Crippen molar-refractivity contribution in [2.75, 3.05) is 0 Å². The minimum absolute atomic E-state index is 0.907. The average molecular weight is 230 g/mol. The summed E-state index contributed by atoms with van der Waals surface area (Å²) in [5.74, 6) is -0.922. The van der Waals surface area contributed by atoms with E-state index < -0.39 is 5.97 Å². The van der Waals surface area contributed by atoms with E-state index in [1.807, 2.05) is 24.3 Å². The molecular formula is C15H18O2. The van der Waals surface area contributed by atoms with Gasteiger partial charge in [0.05, 0.1) is 0 Å². The van der Waals surface area contributed by atoms with Gasteiger partial charge in [0, 0.05) is 6.08 Å². The van der Waals surface area contributed by atoms with E-state index in [0.29, 0.717) is 0 Å². The van der Waals surface area contributed by atoms with Gasteiger partial charge in [0.15, 0.2) is 0 Å². The SMILES string of the molecule is CCCCC=Cc1cccc(/C=C/C(=O)O)c1. The van der Waals surface area contributed by atoms with E-state index in [2.05, 4.69) is 19.1 Å². The molecule has 0 spiro atoms. The molecule has 0 bridgehead atoms. The normalized spacial score (nSPS) is 11.4. The molecule has 1 aromatic rings. The van der Waals surface area contributed by atoms with Crippen LogP contribution in [-0.2, 0) is 4.79 Å². The third-order valence-electron chi connectivity index (χ3n) is 2.36. The minimum Gasteiger partial charge on any atom is -0.478 e. The van der Waals surface area contributed by atoms with Crippen LogP contribution in [0.2, 0.25) is 0 Å². The molecule has 0 aliphatic carbocycles. The van der Waals surface area contributed by atoms with E-state index in [9.17, 15) is 4.79 Å². The third-order valence-corrected chi connectivity index (χ3v) is 2.36. The first-order valence-electron chi connectivity index (χ1n) is 5.90. The molecule has 0 aliphatic rings. The van der Waals surface area contributed by atoms with Crippen LogP contribution in [0, 0.1) is 0 Å². The summed E-state index contributed by atoms with van der Waals surface area (Å²) >= 11 is 0. The Hall–Kier alpha value is -1.83. The molecule has 0 unspecified atom stereocenters. The molecule has 0 aromatic heterocycles. The van der Waals surface area contributed by atoms with Gasteiger partial charge in [0.1, 0.15) is 0 Å². The maximum absolute atomic E-state index is 10.4. The molecular weight excluding hydrogens is 212 g/mol. The summed E-state index contributed by atoms with van der Waals surface area (Å²) in [6.07, 6.45) is 10.5. The Morgan fingerprint density at radius 2 is 2.00 bits per heavy atom. The lowest BCUT2D eigenvalue weighted by Gasteiger charge is -1.96. The molecule has 90 valence electrons. The second-order valence-corrected chi connectivity index (χ2v) is 3.89. The van der Waals surface area contributed by atoms with Crippen molar-refractivity contribution in [3.63, 3.8) is 0 Å². The fourth-order valence-corrected chi connectivity index (χ4v) is 1.48. The fourth-order valence-electron chi connectivity index (χ4n) is 1.48. The van der Waals surface area contributed by atoms with Crippen molar-refractivity contribution in [3.8, 4) is 0 Å². The minimum atomic E-state index is -0.922. The Morgan fingerprint density at radius 1 is 1.29 bits per heavy atom. The highest BCUT2D eigenvalue weighted by Gasteiger charge is 1.91. The molecule has 17 heavy (non-hydrogen) atoms. The van der Waals surface area contributed by atoms with E-state index in [1.54, 1.807) is 6.08 Å². The molecule has 0 saturated carbocycles. The summed E-state index contributed by atoms with van der Waals surface area (Å²) in [7, 11) is 0. The number of unbranched alkanes of at least 4 members (excludes halogenated alkanes) is 2. The van der Waals surface area contributed by atoms with Crippen molar-refractivity contribution in [2.24, 2.45) is 0 Å². The van der Waals surface area contributed by atoms with Crippen molar-refractivity contribution < 1.29 is 9.90 Å². The topological polar surface area (TPSA) is 37.3 Å². The first-order valence-corrected chi connectivity index (χ1v) is 5.90. The number of carboxylic acids is 1. The summed E-state index contributed by atoms with van der Waals surface area (Å²) in [5, 5.41) is 8.54. The lowest BCUT2D eigenvalue weighted by atomic mass is 10.1. The number of carboxylic acid groups (broad SMARTS) is 1. The summed E-state index contributed by atoms with van der Waals surface area (Å²) in [6.45, 7) is 2.17. The van der Waals surface area contributed by atoms with Crippen LogP contribution in [0.1, 0.15) is 37.3 Å². The molecule has 0 heterocycles. The molecule has 0 radical (unpaired) electrons. The van der Waals surface area contributed by atoms with Crippen LogP contribution in [0.25, 0.3) is 12.2 Å². The second kappa shape index (κ2) is 7.44. The summed E-state index contributed by atoms with van der Waals surface area (Å²) in [4.78, 5) is 10.4. The predicted molar refractivity (Wildman–Crippen MR) is 71.7 cm³/mol. The van der Waals surface area contributed by atoms with Crippen LogP contribution in [0.4, 0.5) is 0 Å². The Morgan fingerprint density at radius 3 is 2.65 bits per heavy atom. The van der Waals surface area contributed by atoms with Gasteiger partial charge in [0.2, 0.25) is 0 Å². The molecule has 2 heteroatoms. The quantitative estimate of drug-likeness (QED) is 0.592. The van der Waals surface area contributed by atoms with Crippen molar-refractivity contribution in [1.29, 1.82) is 0 Å². The Kier molecular flexibility index (Phi) is 5.80. The number of hydrogen-bond donors (Lipinski definition) is 1. The number of benzene rings is 1. The predicted octanol–water partition coefficient (Wildman–Crippen LogP) is 3.99. The Labute approximate surface area is 102 Å². The van der Waals surface area contributed by atoms with E-state index in [1.165, 1.54) is 12.8 Å². The third kappa shape index (κ3) is 5.71. The van der Waals surface area contributed by atoms with Gasteiger partial charge in [-0.25, -0.2) is 4.79 Å². The van der Waals surface area contributed by atoms with Crippen LogP contribution in [-0.4, -0.2) is 11.1 Å². The standard InChI is InChI=1S/C15H18O2/c1-2-3-4-5-7-13-8-6-9-14(12-13)10-11-15(16)17/h5-12H,2-4H2,1H3,(H,16,17)/b7-5?,11-10+.